The molecule has 0 radical (unpaired) electrons. The average Bonchev–Trinajstić information content (AvgIpc) is 3.12. The number of hydrogen-bond donors (Lipinski definition) is 2. The Morgan fingerprint density at radius 2 is 1.63 bits per heavy atom. The molecule has 30 heavy (non-hydrogen) atoms. The van der Waals surface area contributed by atoms with E-state index >= 15 is 0 Å². The Labute approximate surface area is 173 Å². The first kappa shape index (κ1) is 18.3. The molecule has 5 heteroatoms. The van der Waals surface area contributed by atoms with Crippen molar-refractivity contribution in [3.05, 3.63) is 89.2 Å². The van der Waals surface area contributed by atoms with Crippen molar-refractivity contribution >= 4 is 21.9 Å². The zero-order valence-electron chi connectivity index (χ0n) is 16.5. The van der Waals surface area contributed by atoms with Crippen molar-refractivity contribution in [1.82, 2.24) is 14.5 Å². The van der Waals surface area contributed by atoms with Crippen LogP contribution >= 0.6 is 0 Å². The third-order valence-electron chi connectivity index (χ3n) is 5.44. The summed E-state index contributed by atoms with van der Waals surface area (Å²) in [6.07, 6.45) is 0.847. The molecule has 0 fully saturated rings. The standard InChI is InChI=1S/C25H22N4O/c26-15-8-16-29-21-14-7-4-11-18(21)22(24(29)17-9-2-1-3-10-17)23-25(30)28-20-13-6-5-12-19(20)27-23/h1-7,9-14H,8,15-16,26H2,(H,28,30). The highest BCUT2D eigenvalue weighted by atomic mass is 16.1. The van der Waals surface area contributed by atoms with Crippen LogP contribution in [-0.4, -0.2) is 21.1 Å². The molecule has 3 N–H and O–H groups in total. The summed E-state index contributed by atoms with van der Waals surface area (Å²) in [6.45, 7) is 1.37. The zero-order chi connectivity index (χ0) is 20.5. The molecule has 2 heterocycles. The summed E-state index contributed by atoms with van der Waals surface area (Å²) in [7, 11) is 0. The van der Waals surface area contributed by atoms with Gasteiger partial charge in [0, 0.05) is 23.0 Å². The lowest BCUT2D eigenvalue weighted by Gasteiger charge is -2.12. The highest BCUT2D eigenvalue weighted by Gasteiger charge is 2.22. The molecule has 0 aliphatic heterocycles. The number of benzene rings is 3. The van der Waals surface area contributed by atoms with Crippen LogP contribution < -0.4 is 11.3 Å². The van der Waals surface area contributed by atoms with Crippen LogP contribution in [0.25, 0.3) is 44.5 Å². The van der Waals surface area contributed by atoms with Gasteiger partial charge in [-0.15, -0.1) is 0 Å². The monoisotopic (exact) mass is 394 g/mol. The second-order valence-electron chi connectivity index (χ2n) is 7.33. The summed E-state index contributed by atoms with van der Waals surface area (Å²) in [5.41, 5.74) is 11.6. The number of aryl methyl sites for hydroxylation is 1. The van der Waals surface area contributed by atoms with E-state index in [0.29, 0.717) is 12.2 Å². The van der Waals surface area contributed by atoms with Gasteiger partial charge in [-0.3, -0.25) is 4.79 Å². The van der Waals surface area contributed by atoms with Crippen LogP contribution in [0.4, 0.5) is 0 Å². The summed E-state index contributed by atoms with van der Waals surface area (Å²) < 4.78 is 2.27. The fourth-order valence-electron chi connectivity index (χ4n) is 4.12. The lowest BCUT2D eigenvalue weighted by molar-refractivity contribution is 0.676. The first-order valence-electron chi connectivity index (χ1n) is 10.1. The predicted octanol–water partition coefficient (Wildman–Crippen LogP) is 4.56. The van der Waals surface area contributed by atoms with Crippen LogP contribution in [0.2, 0.25) is 0 Å². The van der Waals surface area contributed by atoms with Gasteiger partial charge in [0.2, 0.25) is 0 Å². The van der Waals surface area contributed by atoms with Crippen molar-refractivity contribution in [3.63, 3.8) is 0 Å². The van der Waals surface area contributed by atoms with Crippen LogP contribution in [0.3, 0.4) is 0 Å². The molecule has 0 saturated heterocycles. The number of aromatic nitrogens is 3. The maximum absolute atomic E-state index is 13.1. The number of para-hydroxylation sites is 3. The van der Waals surface area contributed by atoms with E-state index < -0.39 is 0 Å². The Hall–Kier alpha value is -3.70. The van der Waals surface area contributed by atoms with Crippen molar-refractivity contribution in [2.24, 2.45) is 5.73 Å². The summed E-state index contributed by atoms with van der Waals surface area (Å²) >= 11 is 0. The van der Waals surface area contributed by atoms with Crippen LogP contribution in [-0.2, 0) is 6.54 Å². The van der Waals surface area contributed by atoms with Gasteiger partial charge in [0.05, 0.1) is 16.7 Å². The maximum Gasteiger partial charge on any atom is 0.275 e. The summed E-state index contributed by atoms with van der Waals surface area (Å²) in [5, 5.41) is 1.02. The van der Waals surface area contributed by atoms with Gasteiger partial charge < -0.3 is 15.3 Å². The maximum atomic E-state index is 13.1. The summed E-state index contributed by atoms with van der Waals surface area (Å²) in [5.74, 6) is 0. The van der Waals surface area contributed by atoms with Gasteiger partial charge in [0.15, 0.2) is 0 Å². The zero-order valence-corrected chi connectivity index (χ0v) is 16.5. The average molecular weight is 394 g/mol. The molecule has 5 aromatic rings. The molecule has 0 aliphatic carbocycles. The molecule has 2 aromatic heterocycles. The number of rotatable bonds is 5. The van der Waals surface area contributed by atoms with Crippen molar-refractivity contribution in [1.29, 1.82) is 0 Å². The van der Waals surface area contributed by atoms with Crippen molar-refractivity contribution in [2.75, 3.05) is 6.54 Å². The Morgan fingerprint density at radius 1 is 0.900 bits per heavy atom. The second-order valence-corrected chi connectivity index (χ2v) is 7.33. The van der Waals surface area contributed by atoms with E-state index in [9.17, 15) is 4.79 Å². The highest BCUT2D eigenvalue weighted by molar-refractivity contribution is 6.04. The fraction of sp³-hybridized carbons (Fsp3) is 0.120. The molecule has 0 amide bonds. The smallest absolute Gasteiger partial charge is 0.275 e. The van der Waals surface area contributed by atoms with Crippen LogP contribution in [0.1, 0.15) is 6.42 Å². The number of H-pyrrole nitrogens is 1. The molecule has 0 unspecified atom stereocenters. The summed E-state index contributed by atoms with van der Waals surface area (Å²) in [4.78, 5) is 20.9. The number of nitrogens with zero attached hydrogens (tertiary/aromatic N) is 2. The molecule has 5 rings (SSSR count). The number of nitrogens with one attached hydrogen (secondary N) is 1. The van der Waals surface area contributed by atoms with E-state index in [-0.39, 0.29) is 5.56 Å². The molecule has 0 atom stereocenters. The van der Waals surface area contributed by atoms with E-state index in [1.54, 1.807) is 0 Å². The van der Waals surface area contributed by atoms with E-state index in [1.165, 1.54) is 0 Å². The molecular formula is C25H22N4O. The lowest BCUT2D eigenvalue weighted by Crippen LogP contribution is -2.12. The van der Waals surface area contributed by atoms with Crippen molar-refractivity contribution < 1.29 is 0 Å². The quantitative estimate of drug-likeness (QED) is 0.459. The fourth-order valence-corrected chi connectivity index (χ4v) is 4.12. The molecular weight excluding hydrogens is 372 g/mol. The van der Waals surface area contributed by atoms with Crippen molar-refractivity contribution in [3.8, 4) is 22.5 Å². The van der Waals surface area contributed by atoms with Gasteiger partial charge in [-0.25, -0.2) is 4.98 Å². The predicted molar refractivity (Wildman–Crippen MR) is 122 cm³/mol. The third kappa shape index (κ3) is 3.00. The Balaban J connectivity index is 1.90. The Kier molecular flexibility index (Phi) is 4.65. The lowest BCUT2D eigenvalue weighted by atomic mass is 10.0. The number of nitrogens with two attached hydrogens (primary N) is 1. The molecule has 0 aliphatic rings. The van der Waals surface area contributed by atoms with Gasteiger partial charge in [-0.1, -0.05) is 60.7 Å². The molecule has 0 spiro atoms. The van der Waals surface area contributed by atoms with E-state index in [4.69, 9.17) is 10.7 Å². The highest BCUT2D eigenvalue weighted by Crippen LogP contribution is 2.39. The first-order chi connectivity index (χ1) is 14.8. The normalized spacial score (nSPS) is 11.4. The second kappa shape index (κ2) is 7.61. The molecule has 148 valence electrons. The van der Waals surface area contributed by atoms with Gasteiger partial charge in [-0.2, -0.15) is 0 Å². The number of fused-ring (bicyclic) bond motifs is 2. The van der Waals surface area contributed by atoms with Gasteiger partial charge >= 0.3 is 0 Å². The van der Waals surface area contributed by atoms with Gasteiger partial charge in [0.25, 0.3) is 5.56 Å². The molecule has 0 bridgehead atoms. The SMILES string of the molecule is NCCCn1c(-c2ccccc2)c(-c2nc3ccccc3[nH]c2=O)c2ccccc21. The molecule has 5 nitrogen and oxygen atoms in total. The summed E-state index contributed by atoms with van der Waals surface area (Å²) in [6, 6.07) is 26.0. The minimum Gasteiger partial charge on any atom is -0.340 e. The molecule has 3 aromatic carbocycles. The Bertz CT molecular complexity index is 1400. The first-order valence-corrected chi connectivity index (χ1v) is 10.1. The Morgan fingerprint density at radius 3 is 2.47 bits per heavy atom. The van der Waals surface area contributed by atoms with Crippen LogP contribution in [0.5, 0.6) is 0 Å². The topological polar surface area (TPSA) is 76.7 Å². The number of hydrogen-bond acceptors (Lipinski definition) is 3. The van der Waals surface area contributed by atoms with Crippen molar-refractivity contribution in [2.45, 2.75) is 13.0 Å². The van der Waals surface area contributed by atoms with E-state index in [2.05, 4.69) is 33.8 Å². The number of aromatic amines is 1. The van der Waals surface area contributed by atoms with Gasteiger partial charge in [-0.05, 0) is 36.7 Å². The third-order valence-corrected chi connectivity index (χ3v) is 5.44. The largest absolute Gasteiger partial charge is 0.340 e. The minimum atomic E-state index is -0.187. The minimum absolute atomic E-state index is 0.187. The van der Waals surface area contributed by atoms with E-state index in [0.717, 1.165) is 51.7 Å². The molecule has 0 saturated carbocycles. The van der Waals surface area contributed by atoms with Crippen LogP contribution in [0, 0.1) is 0 Å². The van der Waals surface area contributed by atoms with Gasteiger partial charge in [0.1, 0.15) is 5.69 Å². The van der Waals surface area contributed by atoms with Crippen LogP contribution in [0.15, 0.2) is 83.7 Å². The van der Waals surface area contributed by atoms with E-state index in [1.807, 2.05) is 54.6 Å².